The van der Waals surface area contributed by atoms with E-state index in [1.165, 1.54) is 0 Å². The molecular formula is C21H24N4O4. The Kier molecular flexibility index (Phi) is 6.11. The summed E-state index contributed by atoms with van der Waals surface area (Å²) in [5.41, 5.74) is 3.67. The van der Waals surface area contributed by atoms with E-state index in [2.05, 4.69) is 20.9 Å². The number of hydrogen-bond donors (Lipinski definition) is 2. The molecule has 0 spiro atoms. The number of carbonyl (C=O) groups is 2. The lowest BCUT2D eigenvalue weighted by Gasteiger charge is -2.09. The van der Waals surface area contributed by atoms with Crippen molar-refractivity contribution < 1.29 is 18.6 Å². The summed E-state index contributed by atoms with van der Waals surface area (Å²) in [5, 5.41) is 13.6. The van der Waals surface area contributed by atoms with Gasteiger partial charge in [-0.05, 0) is 44.4 Å². The van der Waals surface area contributed by atoms with Crippen molar-refractivity contribution in [1.29, 1.82) is 0 Å². The van der Waals surface area contributed by atoms with Crippen molar-refractivity contribution in [3.8, 4) is 0 Å². The summed E-state index contributed by atoms with van der Waals surface area (Å²) in [5.74, 6) is 0.479. The molecule has 152 valence electrons. The fraction of sp³-hybridized carbons (Fsp3) is 0.333. The molecule has 8 heteroatoms. The van der Waals surface area contributed by atoms with E-state index in [9.17, 15) is 9.59 Å². The third kappa shape index (κ3) is 4.37. The number of carbonyl (C=O) groups excluding carboxylic acids is 2. The highest BCUT2D eigenvalue weighted by Crippen LogP contribution is 2.18. The van der Waals surface area contributed by atoms with Gasteiger partial charge in [0.25, 0.3) is 11.8 Å². The van der Waals surface area contributed by atoms with E-state index in [4.69, 9.17) is 9.05 Å². The predicted molar refractivity (Wildman–Crippen MR) is 107 cm³/mol. The van der Waals surface area contributed by atoms with E-state index in [0.717, 1.165) is 5.56 Å². The normalized spacial score (nSPS) is 10.8. The third-order valence-electron chi connectivity index (χ3n) is 4.63. The number of amides is 2. The molecule has 2 aromatic heterocycles. The summed E-state index contributed by atoms with van der Waals surface area (Å²) in [7, 11) is 0. The second-order valence-corrected chi connectivity index (χ2v) is 6.67. The van der Waals surface area contributed by atoms with Gasteiger partial charge in [0.2, 0.25) is 0 Å². The average Bonchev–Trinajstić information content (AvgIpc) is 3.28. The van der Waals surface area contributed by atoms with Crippen LogP contribution >= 0.6 is 0 Å². The predicted octanol–water partition coefficient (Wildman–Crippen LogP) is 3.59. The molecule has 0 aliphatic carbocycles. The first kappa shape index (κ1) is 20.3. The standard InChI is InChI=1S/C21H24N4O4/c1-5-16-18(12(3)28-24-16)20(26)22-11-14-8-7-9-15(10-14)23-21(27)19-13(4)29-25-17(19)6-2/h7-10H,5-6,11H2,1-4H3,(H,22,26)(H,23,27). The highest BCUT2D eigenvalue weighted by atomic mass is 16.5. The van der Waals surface area contributed by atoms with E-state index in [-0.39, 0.29) is 11.8 Å². The molecule has 0 saturated carbocycles. The molecule has 0 aliphatic heterocycles. The maximum absolute atomic E-state index is 12.6. The zero-order valence-electron chi connectivity index (χ0n) is 17.0. The Hall–Kier alpha value is -3.42. The quantitative estimate of drug-likeness (QED) is 0.631. The van der Waals surface area contributed by atoms with Crippen LogP contribution in [0.3, 0.4) is 0 Å². The minimum absolute atomic E-state index is 0.234. The molecule has 8 nitrogen and oxygen atoms in total. The Balaban J connectivity index is 1.68. The van der Waals surface area contributed by atoms with Crippen molar-refractivity contribution in [3.63, 3.8) is 0 Å². The molecule has 0 fully saturated rings. The summed E-state index contributed by atoms with van der Waals surface area (Å²) in [6.07, 6.45) is 1.22. The molecule has 0 atom stereocenters. The molecule has 0 radical (unpaired) electrons. The van der Waals surface area contributed by atoms with Gasteiger partial charge >= 0.3 is 0 Å². The molecule has 1 aromatic carbocycles. The number of nitrogens with zero attached hydrogens (tertiary/aromatic N) is 2. The van der Waals surface area contributed by atoms with Crippen LogP contribution in [0.5, 0.6) is 0 Å². The summed E-state index contributed by atoms with van der Waals surface area (Å²) in [6, 6.07) is 7.30. The van der Waals surface area contributed by atoms with Crippen LogP contribution in [0.2, 0.25) is 0 Å². The summed E-state index contributed by atoms with van der Waals surface area (Å²) in [4.78, 5) is 25.1. The van der Waals surface area contributed by atoms with Gasteiger partial charge < -0.3 is 19.7 Å². The fourth-order valence-electron chi connectivity index (χ4n) is 3.12. The van der Waals surface area contributed by atoms with Crippen LogP contribution in [0.15, 0.2) is 33.3 Å². The first-order chi connectivity index (χ1) is 13.9. The van der Waals surface area contributed by atoms with Crippen LogP contribution in [0.4, 0.5) is 5.69 Å². The maximum Gasteiger partial charge on any atom is 0.261 e. The molecular weight excluding hydrogens is 372 g/mol. The molecule has 3 aromatic rings. The van der Waals surface area contributed by atoms with Crippen molar-refractivity contribution >= 4 is 17.5 Å². The minimum atomic E-state index is -0.269. The minimum Gasteiger partial charge on any atom is -0.361 e. The number of anilines is 1. The lowest BCUT2D eigenvalue weighted by Crippen LogP contribution is -2.24. The van der Waals surface area contributed by atoms with Gasteiger partial charge in [-0.3, -0.25) is 9.59 Å². The van der Waals surface area contributed by atoms with Gasteiger partial charge in [-0.1, -0.05) is 36.3 Å². The van der Waals surface area contributed by atoms with E-state index in [1.807, 2.05) is 32.0 Å². The van der Waals surface area contributed by atoms with Gasteiger partial charge in [-0.25, -0.2) is 0 Å². The number of aryl methyl sites for hydroxylation is 4. The van der Waals surface area contributed by atoms with Gasteiger partial charge in [-0.15, -0.1) is 0 Å². The van der Waals surface area contributed by atoms with E-state index in [1.54, 1.807) is 19.9 Å². The average molecular weight is 396 g/mol. The highest BCUT2D eigenvalue weighted by molar-refractivity contribution is 6.05. The molecule has 2 N–H and O–H groups in total. The van der Waals surface area contributed by atoms with E-state index < -0.39 is 0 Å². The first-order valence-corrected chi connectivity index (χ1v) is 9.53. The highest BCUT2D eigenvalue weighted by Gasteiger charge is 2.20. The molecule has 0 saturated heterocycles. The molecule has 29 heavy (non-hydrogen) atoms. The van der Waals surface area contributed by atoms with Gasteiger partial charge in [-0.2, -0.15) is 0 Å². The monoisotopic (exact) mass is 396 g/mol. The summed E-state index contributed by atoms with van der Waals surface area (Å²) in [6.45, 7) is 7.57. The van der Waals surface area contributed by atoms with Crippen molar-refractivity contribution in [2.45, 2.75) is 47.1 Å². The summed E-state index contributed by atoms with van der Waals surface area (Å²) >= 11 is 0. The smallest absolute Gasteiger partial charge is 0.261 e. The lowest BCUT2D eigenvalue weighted by atomic mass is 10.1. The molecule has 3 rings (SSSR count). The van der Waals surface area contributed by atoms with Crippen molar-refractivity contribution in [2.24, 2.45) is 0 Å². The molecule has 2 heterocycles. The Labute approximate surface area is 168 Å². The Morgan fingerprint density at radius 3 is 2.10 bits per heavy atom. The fourth-order valence-corrected chi connectivity index (χ4v) is 3.12. The van der Waals surface area contributed by atoms with Crippen LogP contribution in [0.1, 0.15) is 63.0 Å². The first-order valence-electron chi connectivity index (χ1n) is 9.53. The number of benzene rings is 1. The zero-order valence-corrected chi connectivity index (χ0v) is 17.0. The van der Waals surface area contributed by atoms with Crippen LogP contribution in [-0.4, -0.2) is 22.1 Å². The topological polar surface area (TPSA) is 110 Å². The maximum atomic E-state index is 12.6. The van der Waals surface area contributed by atoms with Crippen molar-refractivity contribution in [3.05, 3.63) is 63.9 Å². The van der Waals surface area contributed by atoms with Crippen LogP contribution in [0, 0.1) is 13.8 Å². The van der Waals surface area contributed by atoms with Crippen LogP contribution < -0.4 is 10.6 Å². The number of rotatable bonds is 7. The SMILES string of the molecule is CCc1noc(C)c1C(=O)NCc1cccc(NC(=O)c2c(CC)noc2C)c1. The second-order valence-electron chi connectivity index (χ2n) is 6.67. The Morgan fingerprint density at radius 1 is 0.931 bits per heavy atom. The van der Waals surface area contributed by atoms with Gasteiger partial charge in [0.15, 0.2) is 0 Å². The molecule has 2 amide bonds. The molecule has 0 unspecified atom stereocenters. The molecule has 0 aliphatic rings. The van der Waals surface area contributed by atoms with Gasteiger partial charge in [0, 0.05) is 12.2 Å². The lowest BCUT2D eigenvalue weighted by molar-refractivity contribution is 0.0947. The molecule has 0 bridgehead atoms. The Bertz CT molecular complexity index is 1040. The van der Waals surface area contributed by atoms with Crippen LogP contribution in [0.25, 0.3) is 0 Å². The Morgan fingerprint density at radius 2 is 1.52 bits per heavy atom. The summed E-state index contributed by atoms with van der Waals surface area (Å²) < 4.78 is 10.2. The third-order valence-corrected chi connectivity index (χ3v) is 4.63. The number of aromatic nitrogens is 2. The number of nitrogens with one attached hydrogen (secondary N) is 2. The number of hydrogen-bond acceptors (Lipinski definition) is 6. The second kappa shape index (κ2) is 8.72. The van der Waals surface area contributed by atoms with Crippen molar-refractivity contribution in [2.75, 3.05) is 5.32 Å². The van der Waals surface area contributed by atoms with Crippen LogP contribution in [-0.2, 0) is 19.4 Å². The van der Waals surface area contributed by atoms with E-state index >= 15 is 0 Å². The van der Waals surface area contributed by atoms with Gasteiger partial charge in [0.05, 0.1) is 11.4 Å². The van der Waals surface area contributed by atoms with Crippen molar-refractivity contribution in [1.82, 2.24) is 15.6 Å². The van der Waals surface area contributed by atoms with E-state index in [0.29, 0.717) is 59.1 Å². The largest absolute Gasteiger partial charge is 0.361 e. The van der Waals surface area contributed by atoms with Gasteiger partial charge in [0.1, 0.15) is 22.6 Å². The zero-order chi connectivity index (χ0) is 21.0.